The maximum absolute atomic E-state index is 4.24. The Morgan fingerprint density at radius 2 is 2.47 bits per heavy atom. The highest BCUT2D eigenvalue weighted by Crippen LogP contribution is 2.13. The molecular weight excluding hydrogens is 188 g/mol. The largest absolute Gasteiger partial charge is 0.316 e. The molecule has 15 heavy (non-hydrogen) atoms. The van der Waals surface area contributed by atoms with Crippen molar-refractivity contribution in [1.82, 2.24) is 20.0 Å². The predicted molar refractivity (Wildman–Crippen MR) is 60.7 cm³/mol. The molecule has 0 aliphatic carbocycles. The standard InChI is InChI=1S/C11H20N4/c1-10(8-15-6-3-5-13-15)14-7-4-11(9-14)12-2/h3,5-6,10-12H,4,7-9H2,1-2H3. The lowest BCUT2D eigenvalue weighted by atomic mass is 10.3. The zero-order valence-corrected chi connectivity index (χ0v) is 9.56. The second-order valence-electron chi connectivity index (χ2n) is 4.35. The lowest BCUT2D eigenvalue weighted by Gasteiger charge is -2.24. The van der Waals surface area contributed by atoms with Gasteiger partial charge in [-0.3, -0.25) is 9.58 Å². The summed E-state index contributed by atoms with van der Waals surface area (Å²) in [5, 5.41) is 7.58. The van der Waals surface area contributed by atoms with E-state index >= 15 is 0 Å². The van der Waals surface area contributed by atoms with E-state index in [1.165, 1.54) is 19.5 Å². The Hall–Kier alpha value is -0.870. The smallest absolute Gasteiger partial charge is 0.0562 e. The number of nitrogens with one attached hydrogen (secondary N) is 1. The van der Waals surface area contributed by atoms with Crippen molar-refractivity contribution in [2.75, 3.05) is 20.1 Å². The topological polar surface area (TPSA) is 33.1 Å². The fourth-order valence-electron chi connectivity index (χ4n) is 2.22. The molecule has 1 aliphatic heterocycles. The van der Waals surface area contributed by atoms with Crippen LogP contribution >= 0.6 is 0 Å². The minimum absolute atomic E-state index is 0.572. The number of likely N-dealkylation sites (N-methyl/N-ethyl adjacent to an activating group) is 1. The summed E-state index contributed by atoms with van der Waals surface area (Å²) in [6.07, 6.45) is 5.13. The summed E-state index contributed by atoms with van der Waals surface area (Å²) >= 11 is 0. The number of likely N-dealkylation sites (tertiary alicyclic amines) is 1. The van der Waals surface area contributed by atoms with Crippen LogP contribution in [0.3, 0.4) is 0 Å². The summed E-state index contributed by atoms with van der Waals surface area (Å²) in [5.74, 6) is 0. The Morgan fingerprint density at radius 3 is 3.07 bits per heavy atom. The molecule has 2 rings (SSSR count). The first-order valence-corrected chi connectivity index (χ1v) is 5.68. The van der Waals surface area contributed by atoms with E-state index in [1.54, 1.807) is 0 Å². The van der Waals surface area contributed by atoms with Crippen molar-refractivity contribution >= 4 is 0 Å². The Kier molecular flexibility index (Phi) is 3.38. The molecule has 1 saturated heterocycles. The minimum Gasteiger partial charge on any atom is -0.316 e. The second-order valence-corrected chi connectivity index (χ2v) is 4.35. The van der Waals surface area contributed by atoms with Crippen LogP contribution in [-0.4, -0.2) is 46.9 Å². The van der Waals surface area contributed by atoms with Crippen LogP contribution in [0.15, 0.2) is 18.5 Å². The Morgan fingerprint density at radius 1 is 1.60 bits per heavy atom. The first kappa shape index (κ1) is 10.6. The van der Waals surface area contributed by atoms with Gasteiger partial charge in [0.15, 0.2) is 0 Å². The molecule has 0 bridgehead atoms. The number of hydrogen-bond donors (Lipinski definition) is 1. The summed E-state index contributed by atoms with van der Waals surface area (Å²) < 4.78 is 2.01. The van der Waals surface area contributed by atoms with E-state index in [2.05, 4.69) is 22.2 Å². The van der Waals surface area contributed by atoms with Crippen LogP contribution in [0.4, 0.5) is 0 Å². The molecule has 2 unspecified atom stereocenters. The van der Waals surface area contributed by atoms with Crippen LogP contribution in [-0.2, 0) is 6.54 Å². The third-order valence-electron chi connectivity index (χ3n) is 3.26. The molecule has 4 heteroatoms. The fourth-order valence-corrected chi connectivity index (χ4v) is 2.22. The molecule has 0 aromatic carbocycles. The van der Waals surface area contributed by atoms with Crippen molar-refractivity contribution in [3.8, 4) is 0 Å². The average Bonchev–Trinajstić information content (AvgIpc) is 2.86. The molecule has 1 N–H and O–H groups in total. The van der Waals surface area contributed by atoms with E-state index < -0.39 is 0 Å². The lowest BCUT2D eigenvalue weighted by Crippen LogP contribution is -2.37. The molecular formula is C11H20N4. The highest BCUT2D eigenvalue weighted by Gasteiger charge is 2.24. The first-order chi connectivity index (χ1) is 7.29. The number of nitrogens with zero attached hydrogens (tertiary/aromatic N) is 3. The number of rotatable bonds is 4. The molecule has 0 radical (unpaired) electrons. The molecule has 4 nitrogen and oxygen atoms in total. The second kappa shape index (κ2) is 4.77. The van der Waals surface area contributed by atoms with Crippen molar-refractivity contribution in [2.45, 2.75) is 32.0 Å². The van der Waals surface area contributed by atoms with Gasteiger partial charge in [0, 0.05) is 37.6 Å². The van der Waals surface area contributed by atoms with Crippen molar-refractivity contribution in [2.24, 2.45) is 0 Å². The van der Waals surface area contributed by atoms with Gasteiger partial charge >= 0.3 is 0 Å². The van der Waals surface area contributed by atoms with Gasteiger partial charge < -0.3 is 5.32 Å². The highest BCUT2D eigenvalue weighted by molar-refractivity contribution is 4.84. The van der Waals surface area contributed by atoms with Gasteiger partial charge in [0.1, 0.15) is 0 Å². The van der Waals surface area contributed by atoms with Gasteiger partial charge in [-0.05, 0) is 26.5 Å². The normalized spacial score (nSPS) is 24.5. The van der Waals surface area contributed by atoms with E-state index in [4.69, 9.17) is 0 Å². The third-order valence-corrected chi connectivity index (χ3v) is 3.26. The van der Waals surface area contributed by atoms with Crippen LogP contribution in [0.25, 0.3) is 0 Å². The van der Waals surface area contributed by atoms with E-state index in [1.807, 2.05) is 30.2 Å². The number of aromatic nitrogens is 2. The summed E-state index contributed by atoms with van der Waals surface area (Å²) in [4.78, 5) is 2.53. The van der Waals surface area contributed by atoms with E-state index in [-0.39, 0.29) is 0 Å². The van der Waals surface area contributed by atoms with Gasteiger partial charge in [0.2, 0.25) is 0 Å². The fraction of sp³-hybridized carbons (Fsp3) is 0.727. The van der Waals surface area contributed by atoms with Crippen molar-refractivity contribution in [3.05, 3.63) is 18.5 Å². The molecule has 84 valence electrons. The van der Waals surface area contributed by atoms with Crippen LogP contribution in [0.2, 0.25) is 0 Å². The van der Waals surface area contributed by atoms with Gasteiger partial charge in [0.05, 0.1) is 6.54 Å². The maximum atomic E-state index is 4.24. The third kappa shape index (κ3) is 2.58. The van der Waals surface area contributed by atoms with Crippen LogP contribution in [0.5, 0.6) is 0 Å². The van der Waals surface area contributed by atoms with Crippen molar-refractivity contribution < 1.29 is 0 Å². The minimum atomic E-state index is 0.572. The molecule has 0 amide bonds. The van der Waals surface area contributed by atoms with Crippen LogP contribution < -0.4 is 5.32 Å². The molecule has 1 aromatic rings. The quantitative estimate of drug-likeness (QED) is 0.785. The van der Waals surface area contributed by atoms with Crippen molar-refractivity contribution in [1.29, 1.82) is 0 Å². The molecule has 2 atom stereocenters. The predicted octanol–water partition coefficient (Wildman–Crippen LogP) is 0.565. The van der Waals surface area contributed by atoms with Crippen LogP contribution in [0.1, 0.15) is 13.3 Å². The monoisotopic (exact) mass is 208 g/mol. The summed E-state index contributed by atoms with van der Waals surface area (Å²) in [5.41, 5.74) is 0. The van der Waals surface area contributed by atoms with Gasteiger partial charge in [-0.15, -0.1) is 0 Å². The Labute approximate surface area is 91.3 Å². The van der Waals surface area contributed by atoms with Gasteiger partial charge in [-0.1, -0.05) is 0 Å². The summed E-state index contributed by atoms with van der Waals surface area (Å²) in [7, 11) is 2.05. The molecule has 0 saturated carbocycles. The van der Waals surface area contributed by atoms with Gasteiger partial charge in [-0.25, -0.2) is 0 Å². The summed E-state index contributed by atoms with van der Waals surface area (Å²) in [6.45, 7) is 5.63. The molecule has 1 fully saturated rings. The lowest BCUT2D eigenvalue weighted by molar-refractivity contribution is 0.225. The average molecular weight is 208 g/mol. The Bertz CT molecular complexity index is 283. The van der Waals surface area contributed by atoms with Gasteiger partial charge in [0.25, 0.3) is 0 Å². The zero-order valence-electron chi connectivity index (χ0n) is 9.56. The Balaban J connectivity index is 1.84. The number of hydrogen-bond acceptors (Lipinski definition) is 3. The van der Waals surface area contributed by atoms with E-state index in [0.29, 0.717) is 12.1 Å². The van der Waals surface area contributed by atoms with E-state index in [9.17, 15) is 0 Å². The zero-order chi connectivity index (χ0) is 10.7. The SMILES string of the molecule is CNC1CCN(C(C)Cn2cccn2)C1. The van der Waals surface area contributed by atoms with Crippen LogP contribution in [0, 0.1) is 0 Å². The van der Waals surface area contributed by atoms with Crippen molar-refractivity contribution in [3.63, 3.8) is 0 Å². The summed E-state index contributed by atoms with van der Waals surface area (Å²) in [6, 6.07) is 3.22. The van der Waals surface area contributed by atoms with Gasteiger partial charge in [-0.2, -0.15) is 5.10 Å². The molecule has 2 heterocycles. The first-order valence-electron chi connectivity index (χ1n) is 5.68. The maximum Gasteiger partial charge on any atom is 0.0562 e. The van der Waals surface area contributed by atoms with E-state index in [0.717, 1.165) is 6.54 Å². The molecule has 1 aromatic heterocycles. The highest BCUT2D eigenvalue weighted by atomic mass is 15.3. The molecule has 0 spiro atoms. The molecule has 1 aliphatic rings.